The smallest absolute Gasteiger partial charge is 0.123 e. The van der Waals surface area contributed by atoms with E-state index in [2.05, 4.69) is 35.0 Å². The van der Waals surface area contributed by atoms with Crippen molar-refractivity contribution >= 4 is 27.5 Å². The maximum absolute atomic E-state index is 13.3. The summed E-state index contributed by atoms with van der Waals surface area (Å²) in [6.07, 6.45) is 0.738. The van der Waals surface area contributed by atoms with E-state index in [1.807, 2.05) is 18.2 Å². The van der Waals surface area contributed by atoms with E-state index in [-0.39, 0.29) is 10.6 Å². The van der Waals surface area contributed by atoms with Crippen LogP contribution in [-0.2, 0) is 6.42 Å². The molecule has 0 saturated heterocycles. The largest absolute Gasteiger partial charge is 0.207 e. The molecule has 100 valence electrons. The Balaban J connectivity index is 2.12. The first-order valence-corrected chi connectivity index (χ1v) is 7.50. The Morgan fingerprint density at radius 3 is 2.53 bits per heavy atom. The average molecular weight is 342 g/mol. The first-order chi connectivity index (χ1) is 9.08. The molecule has 0 N–H and O–H groups in total. The van der Waals surface area contributed by atoms with Crippen LogP contribution >= 0.6 is 27.5 Å². The minimum atomic E-state index is -0.238. The van der Waals surface area contributed by atoms with Crippen molar-refractivity contribution in [3.8, 4) is 0 Å². The van der Waals surface area contributed by atoms with Gasteiger partial charge in [-0.3, -0.25) is 0 Å². The van der Waals surface area contributed by atoms with Crippen LogP contribution in [0.5, 0.6) is 0 Å². The molecular formula is C16H15BrClF. The third-order valence-electron chi connectivity index (χ3n) is 3.17. The van der Waals surface area contributed by atoms with E-state index in [0.29, 0.717) is 10.9 Å². The second-order valence-corrected chi connectivity index (χ2v) is 6.12. The Morgan fingerprint density at radius 2 is 1.84 bits per heavy atom. The second kappa shape index (κ2) is 6.53. The maximum atomic E-state index is 13.3. The van der Waals surface area contributed by atoms with Gasteiger partial charge in [0.25, 0.3) is 0 Å². The van der Waals surface area contributed by atoms with Gasteiger partial charge < -0.3 is 0 Å². The molecule has 2 atom stereocenters. The van der Waals surface area contributed by atoms with Gasteiger partial charge >= 0.3 is 0 Å². The fraction of sp³-hybridized carbons (Fsp3) is 0.250. The Morgan fingerprint density at radius 1 is 1.16 bits per heavy atom. The van der Waals surface area contributed by atoms with Gasteiger partial charge in [0.15, 0.2) is 0 Å². The highest BCUT2D eigenvalue weighted by Gasteiger charge is 2.17. The van der Waals surface area contributed by atoms with Gasteiger partial charge in [0, 0.05) is 9.85 Å². The van der Waals surface area contributed by atoms with Crippen LogP contribution in [0.1, 0.15) is 22.9 Å². The van der Waals surface area contributed by atoms with Crippen LogP contribution in [0.3, 0.4) is 0 Å². The quantitative estimate of drug-likeness (QED) is 0.617. The van der Waals surface area contributed by atoms with Gasteiger partial charge in [-0.25, -0.2) is 4.39 Å². The molecule has 0 aromatic heterocycles. The molecule has 2 aromatic rings. The van der Waals surface area contributed by atoms with Crippen molar-refractivity contribution < 1.29 is 4.39 Å². The lowest BCUT2D eigenvalue weighted by Gasteiger charge is -2.19. The summed E-state index contributed by atoms with van der Waals surface area (Å²) in [5.74, 6) is 0.0825. The molecule has 0 heterocycles. The van der Waals surface area contributed by atoms with Crippen LogP contribution in [0.25, 0.3) is 0 Å². The SMILES string of the molecule is CC(Cc1cc(F)ccc1Cl)C(Br)c1ccccc1. The zero-order valence-electron chi connectivity index (χ0n) is 10.6. The third-order valence-corrected chi connectivity index (χ3v) is 4.97. The molecule has 0 aliphatic heterocycles. The molecule has 0 nitrogen and oxygen atoms in total. The van der Waals surface area contributed by atoms with Crippen molar-refractivity contribution in [1.29, 1.82) is 0 Å². The number of hydrogen-bond donors (Lipinski definition) is 0. The zero-order valence-corrected chi connectivity index (χ0v) is 13.0. The van der Waals surface area contributed by atoms with Gasteiger partial charge in [0.2, 0.25) is 0 Å². The van der Waals surface area contributed by atoms with Crippen molar-refractivity contribution in [1.82, 2.24) is 0 Å². The molecule has 3 heteroatoms. The first kappa shape index (κ1) is 14.5. The fourth-order valence-electron chi connectivity index (χ4n) is 2.12. The van der Waals surface area contributed by atoms with Crippen LogP contribution in [-0.4, -0.2) is 0 Å². The minimum absolute atomic E-state index is 0.230. The normalized spacial score (nSPS) is 14.1. The summed E-state index contributed by atoms with van der Waals surface area (Å²) >= 11 is 9.82. The Kier molecular flexibility index (Phi) is 5.00. The summed E-state index contributed by atoms with van der Waals surface area (Å²) in [5.41, 5.74) is 2.08. The third kappa shape index (κ3) is 3.80. The monoisotopic (exact) mass is 340 g/mol. The lowest BCUT2D eigenvalue weighted by atomic mass is 9.94. The van der Waals surface area contributed by atoms with Gasteiger partial charge in [-0.2, -0.15) is 0 Å². The molecule has 0 bridgehead atoms. The number of halogens is 3. The standard InChI is InChI=1S/C16H15BrClF/c1-11(16(17)12-5-3-2-4-6-12)9-13-10-14(19)7-8-15(13)18/h2-8,10-11,16H,9H2,1H3. The van der Waals surface area contributed by atoms with E-state index in [1.54, 1.807) is 6.07 Å². The van der Waals surface area contributed by atoms with Gasteiger partial charge in [-0.15, -0.1) is 0 Å². The maximum Gasteiger partial charge on any atom is 0.123 e. The molecule has 19 heavy (non-hydrogen) atoms. The number of hydrogen-bond acceptors (Lipinski definition) is 0. The molecule has 2 rings (SSSR count). The van der Waals surface area contributed by atoms with Gasteiger partial charge in [-0.1, -0.05) is 64.8 Å². The lowest BCUT2D eigenvalue weighted by molar-refractivity contribution is 0.566. The highest BCUT2D eigenvalue weighted by Crippen LogP contribution is 2.34. The molecular weight excluding hydrogens is 327 g/mol. The summed E-state index contributed by atoms with van der Waals surface area (Å²) in [5, 5.41) is 0.626. The summed E-state index contributed by atoms with van der Waals surface area (Å²) in [4.78, 5) is 0.230. The second-order valence-electron chi connectivity index (χ2n) is 4.73. The van der Waals surface area contributed by atoms with E-state index >= 15 is 0 Å². The van der Waals surface area contributed by atoms with Crippen LogP contribution < -0.4 is 0 Å². The molecule has 0 fully saturated rings. The molecule has 0 saturated carbocycles. The highest BCUT2D eigenvalue weighted by atomic mass is 79.9. The van der Waals surface area contributed by atoms with E-state index in [4.69, 9.17) is 11.6 Å². The summed E-state index contributed by atoms with van der Waals surface area (Å²) in [7, 11) is 0. The summed E-state index contributed by atoms with van der Waals surface area (Å²) in [6.45, 7) is 2.13. The average Bonchev–Trinajstić information content (AvgIpc) is 2.43. The summed E-state index contributed by atoms with van der Waals surface area (Å²) in [6, 6.07) is 14.7. The molecule has 0 amide bonds. The van der Waals surface area contributed by atoms with E-state index in [1.165, 1.54) is 17.7 Å². The van der Waals surface area contributed by atoms with Gasteiger partial charge in [-0.05, 0) is 41.7 Å². The summed E-state index contributed by atoms with van der Waals surface area (Å²) < 4.78 is 13.3. The van der Waals surface area contributed by atoms with Crippen LogP contribution in [0.2, 0.25) is 5.02 Å². The van der Waals surface area contributed by atoms with Crippen molar-refractivity contribution in [2.45, 2.75) is 18.2 Å². The Bertz CT molecular complexity index is 542. The number of benzene rings is 2. The van der Waals surface area contributed by atoms with Gasteiger partial charge in [0.1, 0.15) is 5.82 Å². The van der Waals surface area contributed by atoms with Gasteiger partial charge in [0.05, 0.1) is 0 Å². The van der Waals surface area contributed by atoms with E-state index < -0.39 is 0 Å². The van der Waals surface area contributed by atoms with E-state index in [0.717, 1.165) is 12.0 Å². The van der Waals surface area contributed by atoms with Crippen molar-refractivity contribution in [3.05, 3.63) is 70.5 Å². The highest BCUT2D eigenvalue weighted by molar-refractivity contribution is 9.09. The predicted molar refractivity (Wildman–Crippen MR) is 82.4 cm³/mol. The topological polar surface area (TPSA) is 0 Å². The van der Waals surface area contributed by atoms with Crippen molar-refractivity contribution in [2.24, 2.45) is 5.92 Å². The molecule has 2 aromatic carbocycles. The van der Waals surface area contributed by atoms with Crippen LogP contribution in [0.4, 0.5) is 4.39 Å². The lowest BCUT2D eigenvalue weighted by Crippen LogP contribution is -2.07. The molecule has 0 aliphatic rings. The fourth-order valence-corrected chi connectivity index (χ4v) is 2.80. The van der Waals surface area contributed by atoms with E-state index in [9.17, 15) is 4.39 Å². The number of alkyl halides is 1. The van der Waals surface area contributed by atoms with Crippen molar-refractivity contribution in [2.75, 3.05) is 0 Å². The molecule has 0 radical (unpaired) electrons. The first-order valence-electron chi connectivity index (χ1n) is 6.21. The Labute approximate surface area is 126 Å². The van der Waals surface area contributed by atoms with Crippen LogP contribution in [0.15, 0.2) is 48.5 Å². The molecule has 0 aliphatic carbocycles. The number of rotatable bonds is 4. The van der Waals surface area contributed by atoms with Crippen molar-refractivity contribution in [3.63, 3.8) is 0 Å². The minimum Gasteiger partial charge on any atom is -0.207 e. The molecule has 0 spiro atoms. The molecule has 2 unspecified atom stereocenters. The van der Waals surface area contributed by atoms with Crippen LogP contribution in [0, 0.1) is 11.7 Å². The predicted octanol–water partition coefficient (Wildman–Crippen LogP) is 5.79. The Hall–Kier alpha value is -0.860. The zero-order chi connectivity index (χ0) is 13.8.